The maximum Gasteiger partial charge on any atom is 0.225 e. The summed E-state index contributed by atoms with van der Waals surface area (Å²) in [6, 6.07) is 7.30. The number of benzene rings is 1. The first-order valence-corrected chi connectivity index (χ1v) is 4.91. The van der Waals surface area contributed by atoms with E-state index in [2.05, 4.69) is 0 Å². The van der Waals surface area contributed by atoms with Gasteiger partial charge in [0, 0.05) is 12.1 Å². The Balaban J connectivity index is 2.92. The number of pyridine rings is 1. The molecule has 14 heavy (non-hydrogen) atoms. The van der Waals surface area contributed by atoms with Crippen LogP contribution in [0.5, 0.6) is 0 Å². The summed E-state index contributed by atoms with van der Waals surface area (Å²) in [6.45, 7) is 2.05. The van der Waals surface area contributed by atoms with Crippen molar-refractivity contribution in [1.82, 2.24) is 0 Å². The van der Waals surface area contributed by atoms with E-state index < -0.39 is 0 Å². The lowest BCUT2D eigenvalue weighted by Gasteiger charge is -2.06. The van der Waals surface area contributed by atoms with Crippen LogP contribution in [0, 0.1) is 5.21 Å². The maximum atomic E-state index is 11.5. The van der Waals surface area contributed by atoms with Crippen LogP contribution in [0.15, 0.2) is 30.5 Å². The highest BCUT2D eigenvalue weighted by Gasteiger charge is 2.10. The second-order valence-corrected chi connectivity index (χ2v) is 3.56. The van der Waals surface area contributed by atoms with Gasteiger partial charge in [0.15, 0.2) is 6.20 Å². The number of hydrogen-bond donors (Lipinski definition) is 0. The van der Waals surface area contributed by atoms with E-state index >= 15 is 0 Å². The van der Waals surface area contributed by atoms with Crippen molar-refractivity contribution in [2.45, 2.75) is 13.3 Å². The zero-order valence-corrected chi connectivity index (χ0v) is 8.58. The van der Waals surface area contributed by atoms with Crippen molar-refractivity contribution in [2.75, 3.05) is 0 Å². The molecule has 0 spiro atoms. The van der Waals surface area contributed by atoms with E-state index in [0.717, 1.165) is 22.1 Å². The summed E-state index contributed by atoms with van der Waals surface area (Å²) in [5.74, 6) is 0. The van der Waals surface area contributed by atoms with Crippen LogP contribution < -0.4 is 4.73 Å². The molecular weight excluding hydrogens is 198 g/mol. The molecule has 0 aliphatic heterocycles. The van der Waals surface area contributed by atoms with Crippen LogP contribution in [0.3, 0.4) is 0 Å². The lowest BCUT2D eigenvalue weighted by molar-refractivity contribution is -0.577. The maximum absolute atomic E-state index is 11.5. The van der Waals surface area contributed by atoms with Crippen LogP contribution in [0.4, 0.5) is 0 Å². The topological polar surface area (TPSA) is 26.9 Å². The number of halogens is 1. The molecule has 0 bridgehead atoms. The summed E-state index contributed by atoms with van der Waals surface area (Å²) in [4.78, 5) is 0. The smallest absolute Gasteiger partial charge is 0.225 e. The Hall–Kier alpha value is -1.28. The van der Waals surface area contributed by atoms with E-state index in [1.165, 1.54) is 6.20 Å². The van der Waals surface area contributed by atoms with Crippen molar-refractivity contribution in [3.63, 3.8) is 0 Å². The molecule has 0 aliphatic carbocycles. The Morgan fingerprint density at radius 3 is 2.86 bits per heavy atom. The molecule has 2 nitrogen and oxygen atoms in total. The lowest BCUT2D eigenvalue weighted by atomic mass is 10.1. The van der Waals surface area contributed by atoms with E-state index in [0.29, 0.717) is 10.5 Å². The molecule has 0 radical (unpaired) electrons. The Bertz CT molecular complexity index is 482. The Kier molecular flexibility index (Phi) is 2.30. The third-order valence-corrected chi connectivity index (χ3v) is 2.66. The van der Waals surface area contributed by atoms with Gasteiger partial charge in [0.1, 0.15) is 0 Å². The molecule has 0 saturated carbocycles. The van der Waals surface area contributed by atoms with Gasteiger partial charge < -0.3 is 5.21 Å². The monoisotopic (exact) mass is 207 g/mol. The van der Waals surface area contributed by atoms with Crippen LogP contribution in [-0.4, -0.2) is 0 Å². The molecule has 0 unspecified atom stereocenters. The van der Waals surface area contributed by atoms with Crippen molar-refractivity contribution < 1.29 is 4.73 Å². The zero-order valence-electron chi connectivity index (χ0n) is 7.83. The summed E-state index contributed by atoms with van der Waals surface area (Å²) in [7, 11) is 0. The van der Waals surface area contributed by atoms with Gasteiger partial charge in [-0.3, -0.25) is 0 Å². The van der Waals surface area contributed by atoms with Gasteiger partial charge in [-0.1, -0.05) is 30.7 Å². The summed E-state index contributed by atoms with van der Waals surface area (Å²) >= 11 is 6.06. The largest absolute Gasteiger partial charge is 0.618 e. The second kappa shape index (κ2) is 3.46. The molecule has 0 atom stereocenters. The summed E-state index contributed by atoms with van der Waals surface area (Å²) in [6.07, 6.45) is 2.31. The molecule has 2 rings (SSSR count). The van der Waals surface area contributed by atoms with Crippen LogP contribution in [0.1, 0.15) is 12.5 Å². The zero-order chi connectivity index (χ0) is 10.1. The molecule has 1 heterocycles. The van der Waals surface area contributed by atoms with Crippen LogP contribution in [-0.2, 0) is 6.42 Å². The fourth-order valence-electron chi connectivity index (χ4n) is 1.64. The second-order valence-electron chi connectivity index (χ2n) is 3.15. The number of fused-ring (bicyclic) bond motifs is 1. The van der Waals surface area contributed by atoms with Gasteiger partial charge in [-0.05, 0) is 12.0 Å². The Labute approximate surface area is 87.3 Å². The van der Waals surface area contributed by atoms with Gasteiger partial charge in [-0.2, -0.15) is 4.73 Å². The van der Waals surface area contributed by atoms with Gasteiger partial charge in [0.05, 0.1) is 10.4 Å². The number of rotatable bonds is 1. The molecule has 0 N–H and O–H groups in total. The van der Waals surface area contributed by atoms with E-state index in [1.54, 1.807) is 12.1 Å². The van der Waals surface area contributed by atoms with Crippen molar-refractivity contribution >= 4 is 22.5 Å². The van der Waals surface area contributed by atoms with Crippen molar-refractivity contribution in [3.05, 3.63) is 46.3 Å². The number of aryl methyl sites for hydroxylation is 1. The van der Waals surface area contributed by atoms with Gasteiger partial charge in [0.25, 0.3) is 0 Å². The first kappa shape index (κ1) is 9.28. The van der Waals surface area contributed by atoms with E-state index in [1.807, 2.05) is 19.1 Å². The molecule has 0 amide bonds. The number of aromatic nitrogens is 1. The molecule has 1 aromatic carbocycles. The van der Waals surface area contributed by atoms with Crippen LogP contribution in [0.25, 0.3) is 10.9 Å². The molecule has 1 aromatic heterocycles. The minimum Gasteiger partial charge on any atom is -0.618 e. The molecule has 0 aliphatic rings. The van der Waals surface area contributed by atoms with Gasteiger partial charge in [-0.15, -0.1) is 0 Å². The molecular formula is C11H10ClNO. The van der Waals surface area contributed by atoms with E-state index in [-0.39, 0.29) is 0 Å². The van der Waals surface area contributed by atoms with Crippen molar-refractivity contribution in [1.29, 1.82) is 0 Å². The Morgan fingerprint density at radius 2 is 2.14 bits per heavy atom. The minimum atomic E-state index is 0.636. The summed E-state index contributed by atoms with van der Waals surface area (Å²) < 4.78 is 0.848. The van der Waals surface area contributed by atoms with Crippen LogP contribution in [0.2, 0.25) is 5.02 Å². The Morgan fingerprint density at radius 1 is 1.36 bits per heavy atom. The average Bonchev–Trinajstić information content (AvgIpc) is 2.23. The SMILES string of the molecule is CCc1cccc2c1c(Cl)cc[n+]2[O-]. The normalized spacial score (nSPS) is 10.7. The fourth-order valence-corrected chi connectivity index (χ4v) is 1.91. The molecule has 3 heteroatoms. The average molecular weight is 208 g/mol. The third-order valence-electron chi connectivity index (χ3n) is 2.34. The number of hydrogen-bond acceptors (Lipinski definition) is 1. The molecule has 0 fully saturated rings. The minimum absolute atomic E-state index is 0.636. The molecule has 2 aromatic rings. The highest BCUT2D eigenvalue weighted by atomic mass is 35.5. The number of nitrogens with zero attached hydrogens (tertiary/aromatic N) is 1. The highest BCUT2D eigenvalue weighted by Crippen LogP contribution is 2.24. The highest BCUT2D eigenvalue weighted by molar-refractivity contribution is 6.35. The quantitative estimate of drug-likeness (QED) is 0.522. The van der Waals surface area contributed by atoms with Crippen LogP contribution >= 0.6 is 11.6 Å². The van der Waals surface area contributed by atoms with E-state index in [9.17, 15) is 5.21 Å². The van der Waals surface area contributed by atoms with E-state index in [4.69, 9.17) is 11.6 Å². The summed E-state index contributed by atoms with van der Waals surface area (Å²) in [5.41, 5.74) is 1.74. The van der Waals surface area contributed by atoms with Gasteiger partial charge in [-0.25, -0.2) is 0 Å². The predicted octanol–water partition coefficient (Wildman–Crippen LogP) is 2.69. The fraction of sp³-hybridized carbons (Fsp3) is 0.182. The molecule has 0 saturated heterocycles. The summed E-state index contributed by atoms with van der Waals surface area (Å²) in [5, 5.41) is 13.0. The third kappa shape index (κ3) is 1.32. The van der Waals surface area contributed by atoms with Crippen molar-refractivity contribution in [3.8, 4) is 0 Å². The first-order valence-electron chi connectivity index (χ1n) is 4.53. The van der Waals surface area contributed by atoms with Crippen molar-refractivity contribution in [2.24, 2.45) is 0 Å². The predicted molar refractivity (Wildman–Crippen MR) is 57.3 cm³/mol. The molecule has 72 valence electrons. The lowest BCUT2D eigenvalue weighted by Crippen LogP contribution is -2.26. The van der Waals surface area contributed by atoms with Gasteiger partial charge in [0.2, 0.25) is 5.52 Å². The first-order chi connectivity index (χ1) is 6.74. The van der Waals surface area contributed by atoms with Gasteiger partial charge >= 0.3 is 0 Å². The standard InChI is InChI=1S/C11H10ClNO/c1-2-8-4-3-5-10-11(8)9(12)6-7-13(10)14/h3-7H,2H2,1H3.